The van der Waals surface area contributed by atoms with Crippen LogP contribution in [0.3, 0.4) is 0 Å². The van der Waals surface area contributed by atoms with Gasteiger partial charge in [0.25, 0.3) is 5.91 Å². The number of aromatic nitrogens is 1. The molecule has 6 heteroatoms. The monoisotopic (exact) mass is 373 g/mol. The van der Waals surface area contributed by atoms with Crippen LogP contribution in [-0.2, 0) is 0 Å². The van der Waals surface area contributed by atoms with E-state index in [1.54, 1.807) is 60.8 Å². The van der Waals surface area contributed by atoms with Crippen LogP contribution in [0, 0.1) is 0 Å². The minimum Gasteiger partial charge on any atom is -0.354 e. The summed E-state index contributed by atoms with van der Waals surface area (Å²) in [7, 11) is 0. The standard InChI is InChI=1S/C22H19N3O3/c1-14(26)16-6-8-18(9-7-16)25-22(28)21-11-10-20(13-23-21)24-19-5-3-4-17(12-19)15(2)27/h3-13,24H,1-2H3,(H,25,28). The molecule has 1 amide bonds. The molecule has 0 unspecified atom stereocenters. The van der Waals surface area contributed by atoms with Crippen molar-refractivity contribution >= 4 is 34.5 Å². The molecule has 0 aliphatic carbocycles. The second-order valence-electron chi connectivity index (χ2n) is 6.28. The zero-order valence-electron chi connectivity index (χ0n) is 15.5. The van der Waals surface area contributed by atoms with Gasteiger partial charge in [-0.15, -0.1) is 0 Å². The Morgan fingerprint density at radius 1 is 0.750 bits per heavy atom. The van der Waals surface area contributed by atoms with Crippen molar-refractivity contribution in [1.82, 2.24) is 4.98 Å². The summed E-state index contributed by atoms with van der Waals surface area (Å²) >= 11 is 0. The van der Waals surface area contributed by atoms with Crippen LogP contribution in [0.5, 0.6) is 0 Å². The van der Waals surface area contributed by atoms with Gasteiger partial charge in [-0.25, -0.2) is 4.98 Å². The molecule has 0 saturated carbocycles. The predicted molar refractivity (Wildman–Crippen MR) is 108 cm³/mol. The molecule has 28 heavy (non-hydrogen) atoms. The fourth-order valence-electron chi connectivity index (χ4n) is 2.57. The van der Waals surface area contributed by atoms with Gasteiger partial charge in [-0.2, -0.15) is 0 Å². The Morgan fingerprint density at radius 2 is 1.43 bits per heavy atom. The van der Waals surface area contributed by atoms with E-state index in [0.717, 1.165) is 5.69 Å². The average Bonchev–Trinajstić information content (AvgIpc) is 2.69. The molecule has 0 aliphatic heterocycles. The quantitative estimate of drug-likeness (QED) is 0.622. The fourth-order valence-corrected chi connectivity index (χ4v) is 2.57. The normalized spacial score (nSPS) is 10.2. The molecule has 140 valence electrons. The van der Waals surface area contributed by atoms with Crippen LogP contribution < -0.4 is 10.6 Å². The van der Waals surface area contributed by atoms with Crippen molar-refractivity contribution < 1.29 is 14.4 Å². The van der Waals surface area contributed by atoms with E-state index in [4.69, 9.17) is 0 Å². The van der Waals surface area contributed by atoms with Crippen molar-refractivity contribution in [1.29, 1.82) is 0 Å². The maximum Gasteiger partial charge on any atom is 0.274 e. The smallest absolute Gasteiger partial charge is 0.274 e. The summed E-state index contributed by atoms with van der Waals surface area (Å²) < 4.78 is 0. The number of hydrogen-bond acceptors (Lipinski definition) is 5. The molecule has 3 rings (SSSR count). The minimum atomic E-state index is -0.347. The van der Waals surface area contributed by atoms with Crippen LogP contribution in [0.1, 0.15) is 45.1 Å². The van der Waals surface area contributed by atoms with E-state index in [1.165, 1.54) is 13.8 Å². The first-order chi connectivity index (χ1) is 13.4. The van der Waals surface area contributed by atoms with Gasteiger partial charge in [0, 0.05) is 22.5 Å². The summed E-state index contributed by atoms with van der Waals surface area (Å²) in [6, 6.07) is 17.2. The van der Waals surface area contributed by atoms with Crippen LogP contribution in [0.15, 0.2) is 66.9 Å². The SMILES string of the molecule is CC(=O)c1ccc(NC(=O)c2ccc(Nc3cccc(C(C)=O)c3)cn2)cc1. The molecule has 0 aliphatic rings. The first kappa shape index (κ1) is 19.0. The molecule has 0 bridgehead atoms. The summed E-state index contributed by atoms with van der Waals surface area (Å²) in [6.07, 6.45) is 1.55. The third-order valence-electron chi connectivity index (χ3n) is 4.10. The van der Waals surface area contributed by atoms with Crippen LogP contribution >= 0.6 is 0 Å². The highest BCUT2D eigenvalue weighted by Gasteiger charge is 2.09. The summed E-state index contributed by atoms with van der Waals surface area (Å²) in [6.45, 7) is 3.01. The van der Waals surface area contributed by atoms with E-state index >= 15 is 0 Å². The largest absolute Gasteiger partial charge is 0.354 e. The minimum absolute atomic E-state index is 0.00914. The number of ketones is 2. The van der Waals surface area contributed by atoms with Gasteiger partial charge < -0.3 is 10.6 Å². The summed E-state index contributed by atoms with van der Waals surface area (Å²) in [4.78, 5) is 39.3. The van der Waals surface area contributed by atoms with Gasteiger partial charge in [0.1, 0.15) is 5.69 Å². The lowest BCUT2D eigenvalue weighted by molar-refractivity contribution is 0.100. The topological polar surface area (TPSA) is 88.2 Å². The highest BCUT2D eigenvalue weighted by molar-refractivity contribution is 6.03. The number of amides is 1. The number of rotatable bonds is 6. The fraction of sp³-hybridized carbons (Fsp3) is 0.0909. The maximum absolute atomic E-state index is 12.3. The van der Waals surface area contributed by atoms with E-state index in [2.05, 4.69) is 15.6 Å². The molecule has 0 saturated heterocycles. The van der Waals surface area contributed by atoms with Crippen LogP contribution in [0.4, 0.5) is 17.1 Å². The highest BCUT2D eigenvalue weighted by atomic mass is 16.2. The number of carbonyl (C=O) groups excluding carboxylic acids is 3. The second-order valence-corrected chi connectivity index (χ2v) is 6.28. The summed E-state index contributed by atoms with van der Waals surface area (Å²) in [5, 5.41) is 5.90. The Morgan fingerprint density at radius 3 is 2.04 bits per heavy atom. The lowest BCUT2D eigenvalue weighted by Gasteiger charge is -2.09. The van der Waals surface area contributed by atoms with Crippen LogP contribution in [0.2, 0.25) is 0 Å². The highest BCUT2D eigenvalue weighted by Crippen LogP contribution is 2.18. The molecular formula is C22H19N3O3. The van der Waals surface area contributed by atoms with Gasteiger partial charge in [0.2, 0.25) is 0 Å². The molecule has 3 aromatic rings. The van der Waals surface area contributed by atoms with Gasteiger partial charge in [-0.1, -0.05) is 12.1 Å². The van der Waals surface area contributed by atoms with Crippen molar-refractivity contribution in [3.05, 3.63) is 83.7 Å². The molecule has 0 atom stereocenters. The first-order valence-electron chi connectivity index (χ1n) is 8.69. The Labute approximate surface area is 162 Å². The molecule has 2 aromatic carbocycles. The van der Waals surface area contributed by atoms with Gasteiger partial charge in [-0.05, 0) is 62.4 Å². The van der Waals surface area contributed by atoms with Crippen molar-refractivity contribution in [2.45, 2.75) is 13.8 Å². The molecule has 1 aromatic heterocycles. The number of benzene rings is 2. The van der Waals surface area contributed by atoms with E-state index in [-0.39, 0.29) is 23.2 Å². The van der Waals surface area contributed by atoms with Crippen molar-refractivity contribution in [3.8, 4) is 0 Å². The number of anilines is 3. The summed E-state index contributed by atoms with van der Waals surface area (Å²) in [5.41, 5.74) is 3.50. The third-order valence-corrected chi connectivity index (χ3v) is 4.10. The van der Waals surface area contributed by atoms with Gasteiger partial charge in [0.15, 0.2) is 11.6 Å². The lowest BCUT2D eigenvalue weighted by atomic mass is 10.1. The van der Waals surface area contributed by atoms with Gasteiger partial charge in [0.05, 0.1) is 11.9 Å². The van der Waals surface area contributed by atoms with E-state index < -0.39 is 0 Å². The Kier molecular flexibility index (Phi) is 5.60. The molecule has 2 N–H and O–H groups in total. The third kappa shape index (κ3) is 4.67. The number of nitrogens with one attached hydrogen (secondary N) is 2. The van der Waals surface area contributed by atoms with E-state index in [0.29, 0.717) is 22.5 Å². The van der Waals surface area contributed by atoms with Gasteiger partial charge in [-0.3, -0.25) is 14.4 Å². The van der Waals surface area contributed by atoms with Crippen molar-refractivity contribution in [2.24, 2.45) is 0 Å². The van der Waals surface area contributed by atoms with Crippen molar-refractivity contribution in [3.63, 3.8) is 0 Å². The van der Waals surface area contributed by atoms with E-state index in [1.807, 2.05) is 6.07 Å². The summed E-state index contributed by atoms with van der Waals surface area (Å²) in [5.74, 6) is -0.387. The lowest BCUT2D eigenvalue weighted by Crippen LogP contribution is -2.13. The Hall–Kier alpha value is -3.80. The average molecular weight is 373 g/mol. The van der Waals surface area contributed by atoms with Crippen LogP contribution in [-0.4, -0.2) is 22.5 Å². The van der Waals surface area contributed by atoms with Crippen molar-refractivity contribution in [2.75, 3.05) is 10.6 Å². The number of nitrogens with zero attached hydrogens (tertiary/aromatic N) is 1. The number of hydrogen-bond donors (Lipinski definition) is 2. The number of pyridine rings is 1. The van der Waals surface area contributed by atoms with Gasteiger partial charge >= 0.3 is 0 Å². The molecule has 0 fully saturated rings. The molecular weight excluding hydrogens is 354 g/mol. The van der Waals surface area contributed by atoms with Crippen LogP contribution in [0.25, 0.3) is 0 Å². The molecule has 1 heterocycles. The number of carbonyl (C=O) groups is 3. The molecule has 0 spiro atoms. The maximum atomic E-state index is 12.3. The Balaban J connectivity index is 1.66. The zero-order valence-corrected chi connectivity index (χ0v) is 15.5. The molecule has 6 nitrogen and oxygen atoms in total. The predicted octanol–water partition coefficient (Wildman–Crippen LogP) is 4.48. The Bertz CT molecular complexity index is 1030. The zero-order chi connectivity index (χ0) is 20.1. The number of Topliss-reactive ketones (excluding diaryl/α,β-unsaturated/α-hetero) is 2. The first-order valence-corrected chi connectivity index (χ1v) is 8.69. The van der Waals surface area contributed by atoms with E-state index in [9.17, 15) is 14.4 Å². The molecule has 0 radical (unpaired) electrons. The second kappa shape index (κ2) is 8.26.